The van der Waals surface area contributed by atoms with Crippen LogP contribution in [0.15, 0.2) is 47.4 Å². The highest BCUT2D eigenvalue weighted by Gasteiger charge is 2.32. The number of piperazine rings is 1. The van der Waals surface area contributed by atoms with E-state index in [1.807, 2.05) is 26.0 Å². The molecule has 2 aromatic carbocycles. The van der Waals surface area contributed by atoms with Crippen LogP contribution >= 0.6 is 0 Å². The van der Waals surface area contributed by atoms with Crippen molar-refractivity contribution in [2.45, 2.75) is 18.7 Å². The number of amides is 1. The van der Waals surface area contributed by atoms with Crippen molar-refractivity contribution >= 4 is 26.8 Å². The van der Waals surface area contributed by atoms with Gasteiger partial charge in [-0.05, 0) is 49.7 Å². The maximum atomic E-state index is 14.0. The maximum Gasteiger partial charge on any atom is 0.253 e. The Morgan fingerprint density at radius 1 is 1.03 bits per heavy atom. The minimum atomic E-state index is -3.92. The highest BCUT2D eigenvalue weighted by Crippen LogP contribution is 2.24. The van der Waals surface area contributed by atoms with Crippen LogP contribution in [0.2, 0.25) is 0 Å². The first-order valence-corrected chi connectivity index (χ1v) is 10.9. The lowest BCUT2D eigenvalue weighted by Crippen LogP contribution is -2.50. The van der Waals surface area contributed by atoms with Gasteiger partial charge in [0.15, 0.2) is 0 Å². The van der Waals surface area contributed by atoms with E-state index in [1.165, 1.54) is 22.5 Å². The highest BCUT2D eigenvalue weighted by atomic mass is 32.2. The van der Waals surface area contributed by atoms with Crippen LogP contribution in [0.3, 0.4) is 0 Å². The van der Waals surface area contributed by atoms with Gasteiger partial charge in [0.05, 0.1) is 0 Å². The SMILES string of the molecule is Cc1[nH]c2ccc(C(=O)N3CCN(S(=O)(=O)c4ccccc4F)CC3)cc2c1C. The number of aromatic amines is 1. The van der Waals surface area contributed by atoms with Crippen LogP contribution in [0, 0.1) is 19.7 Å². The van der Waals surface area contributed by atoms with E-state index in [9.17, 15) is 17.6 Å². The summed E-state index contributed by atoms with van der Waals surface area (Å²) in [7, 11) is -3.92. The molecule has 29 heavy (non-hydrogen) atoms. The summed E-state index contributed by atoms with van der Waals surface area (Å²) in [6.07, 6.45) is 0. The van der Waals surface area contributed by atoms with E-state index in [-0.39, 0.29) is 37.0 Å². The Kier molecular flexibility index (Phi) is 4.92. The first-order valence-electron chi connectivity index (χ1n) is 9.42. The van der Waals surface area contributed by atoms with E-state index >= 15 is 0 Å². The van der Waals surface area contributed by atoms with Gasteiger partial charge in [0, 0.05) is 48.3 Å². The van der Waals surface area contributed by atoms with Crippen molar-refractivity contribution in [2.75, 3.05) is 26.2 Å². The molecular formula is C21H22FN3O3S. The van der Waals surface area contributed by atoms with Crippen LogP contribution in [-0.4, -0.2) is 54.7 Å². The monoisotopic (exact) mass is 415 g/mol. The van der Waals surface area contributed by atoms with Gasteiger partial charge in [-0.3, -0.25) is 4.79 Å². The zero-order valence-electron chi connectivity index (χ0n) is 16.3. The standard InChI is InChI=1S/C21H22FN3O3S/c1-14-15(2)23-19-8-7-16(13-17(14)19)21(26)24-9-11-25(12-10-24)29(27,28)20-6-4-3-5-18(20)22/h3-8,13,23H,9-12H2,1-2H3. The molecule has 0 bridgehead atoms. The first-order chi connectivity index (χ1) is 13.8. The van der Waals surface area contributed by atoms with Crippen molar-refractivity contribution in [3.05, 3.63) is 65.1 Å². The first kappa shape index (κ1) is 19.6. The molecule has 0 spiro atoms. The summed E-state index contributed by atoms with van der Waals surface area (Å²) in [5.41, 5.74) is 3.73. The molecule has 2 heterocycles. The van der Waals surface area contributed by atoms with Gasteiger partial charge >= 0.3 is 0 Å². The quantitative estimate of drug-likeness (QED) is 0.715. The van der Waals surface area contributed by atoms with Crippen molar-refractivity contribution in [1.29, 1.82) is 0 Å². The number of aromatic nitrogens is 1. The molecule has 1 aliphatic heterocycles. The molecule has 0 atom stereocenters. The molecule has 0 unspecified atom stereocenters. The molecule has 8 heteroatoms. The van der Waals surface area contributed by atoms with E-state index in [1.54, 1.807) is 11.0 Å². The molecule has 1 N–H and O–H groups in total. The molecule has 1 amide bonds. The average Bonchev–Trinajstić information content (AvgIpc) is 3.01. The fraction of sp³-hybridized carbons (Fsp3) is 0.286. The lowest BCUT2D eigenvalue weighted by molar-refractivity contribution is 0.0698. The topological polar surface area (TPSA) is 73.5 Å². The summed E-state index contributed by atoms with van der Waals surface area (Å²) in [4.78, 5) is 17.5. The largest absolute Gasteiger partial charge is 0.358 e. The predicted molar refractivity (Wildman–Crippen MR) is 109 cm³/mol. The number of H-pyrrole nitrogens is 1. The molecule has 0 saturated carbocycles. The van der Waals surface area contributed by atoms with E-state index in [4.69, 9.17) is 0 Å². The number of nitrogens with one attached hydrogen (secondary N) is 1. The Labute approximate surface area is 169 Å². The van der Waals surface area contributed by atoms with Crippen molar-refractivity contribution in [3.8, 4) is 0 Å². The van der Waals surface area contributed by atoms with Crippen LogP contribution in [0.4, 0.5) is 4.39 Å². The Balaban J connectivity index is 1.50. The fourth-order valence-electron chi connectivity index (χ4n) is 3.70. The second kappa shape index (κ2) is 7.27. The number of sulfonamides is 1. The minimum Gasteiger partial charge on any atom is -0.358 e. The lowest BCUT2D eigenvalue weighted by Gasteiger charge is -2.34. The van der Waals surface area contributed by atoms with Crippen molar-refractivity contribution in [3.63, 3.8) is 0 Å². The number of hydrogen-bond acceptors (Lipinski definition) is 3. The number of carbonyl (C=O) groups is 1. The second-order valence-corrected chi connectivity index (χ2v) is 9.17. The summed E-state index contributed by atoms with van der Waals surface area (Å²) >= 11 is 0. The van der Waals surface area contributed by atoms with Gasteiger partial charge < -0.3 is 9.88 Å². The highest BCUT2D eigenvalue weighted by molar-refractivity contribution is 7.89. The van der Waals surface area contributed by atoms with E-state index in [2.05, 4.69) is 4.98 Å². The molecule has 1 saturated heterocycles. The predicted octanol–water partition coefficient (Wildman–Crippen LogP) is 3.07. The Bertz CT molecular complexity index is 1200. The summed E-state index contributed by atoms with van der Waals surface area (Å²) in [6.45, 7) is 4.78. The van der Waals surface area contributed by atoms with Crippen molar-refractivity contribution < 1.29 is 17.6 Å². The van der Waals surface area contributed by atoms with Gasteiger partial charge in [-0.15, -0.1) is 0 Å². The number of fused-ring (bicyclic) bond motifs is 1. The normalized spacial score (nSPS) is 15.8. The molecule has 1 fully saturated rings. The van der Waals surface area contributed by atoms with Crippen LogP contribution in [0.1, 0.15) is 21.6 Å². The van der Waals surface area contributed by atoms with E-state index < -0.39 is 15.8 Å². The van der Waals surface area contributed by atoms with Crippen LogP contribution < -0.4 is 0 Å². The number of benzene rings is 2. The van der Waals surface area contributed by atoms with Crippen LogP contribution in [0.25, 0.3) is 10.9 Å². The summed E-state index contributed by atoms with van der Waals surface area (Å²) in [6, 6.07) is 10.9. The Hall–Kier alpha value is -2.71. The number of rotatable bonds is 3. The van der Waals surface area contributed by atoms with Gasteiger partial charge in [-0.25, -0.2) is 12.8 Å². The maximum absolute atomic E-state index is 14.0. The molecule has 1 aliphatic rings. The zero-order chi connectivity index (χ0) is 20.8. The van der Waals surface area contributed by atoms with Gasteiger partial charge in [-0.2, -0.15) is 4.31 Å². The third-order valence-corrected chi connectivity index (χ3v) is 7.47. The van der Waals surface area contributed by atoms with Crippen LogP contribution in [-0.2, 0) is 10.0 Å². The number of aryl methyl sites for hydroxylation is 2. The average molecular weight is 415 g/mol. The molecule has 4 rings (SSSR count). The van der Waals surface area contributed by atoms with Gasteiger partial charge in [0.25, 0.3) is 5.91 Å². The number of halogens is 1. The fourth-order valence-corrected chi connectivity index (χ4v) is 5.19. The second-order valence-electron chi connectivity index (χ2n) is 7.26. The molecule has 3 aromatic rings. The summed E-state index contributed by atoms with van der Waals surface area (Å²) < 4.78 is 40.6. The van der Waals surface area contributed by atoms with Gasteiger partial charge in [0.2, 0.25) is 10.0 Å². The summed E-state index contributed by atoms with van der Waals surface area (Å²) in [5.74, 6) is -0.899. The van der Waals surface area contributed by atoms with Crippen molar-refractivity contribution in [2.24, 2.45) is 0 Å². The zero-order valence-corrected chi connectivity index (χ0v) is 17.1. The third-order valence-electron chi connectivity index (χ3n) is 5.54. The molecule has 152 valence electrons. The number of carbonyl (C=O) groups excluding carboxylic acids is 1. The lowest BCUT2D eigenvalue weighted by atomic mass is 10.1. The molecule has 0 aliphatic carbocycles. The van der Waals surface area contributed by atoms with Gasteiger partial charge in [-0.1, -0.05) is 12.1 Å². The molecule has 1 aromatic heterocycles. The minimum absolute atomic E-state index is 0.131. The van der Waals surface area contributed by atoms with E-state index in [0.717, 1.165) is 28.2 Å². The summed E-state index contributed by atoms with van der Waals surface area (Å²) in [5, 5.41) is 1.01. The van der Waals surface area contributed by atoms with Gasteiger partial charge in [0.1, 0.15) is 10.7 Å². The Morgan fingerprint density at radius 3 is 2.41 bits per heavy atom. The smallest absolute Gasteiger partial charge is 0.253 e. The molecular weight excluding hydrogens is 393 g/mol. The number of nitrogens with zero attached hydrogens (tertiary/aromatic N) is 2. The number of hydrogen-bond donors (Lipinski definition) is 1. The Morgan fingerprint density at radius 2 is 1.72 bits per heavy atom. The molecule has 0 radical (unpaired) electrons. The molecule has 6 nitrogen and oxygen atoms in total. The van der Waals surface area contributed by atoms with Crippen LogP contribution in [0.5, 0.6) is 0 Å². The van der Waals surface area contributed by atoms with Crippen molar-refractivity contribution in [1.82, 2.24) is 14.2 Å². The van der Waals surface area contributed by atoms with E-state index in [0.29, 0.717) is 5.56 Å². The third kappa shape index (κ3) is 3.42.